The number of fused-ring (bicyclic) bond motifs is 2. The molecule has 2 heterocycles. The molecule has 0 fully saturated rings. The molecule has 100 valence electrons. The van der Waals surface area contributed by atoms with Crippen LogP contribution in [0.5, 0.6) is 5.75 Å². The fourth-order valence-electron chi connectivity index (χ4n) is 2.55. The van der Waals surface area contributed by atoms with Crippen molar-refractivity contribution in [3.63, 3.8) is 0 Å². The van der Waals surface area contributed by atoms with E-state index in [1.165, 1.54) is 0 Å². The molecular formula is C15H17NO3. The van der Waals surface area contributed by atoms with Crippen molar-refractivity contribution in [2.75, 3.05) is 0 Å². The van der Waals surface area contributed by atoms with Gasteiger partial charge in [-0.2, -0.15) is 0 Å². The van der Waals surface area contributed by atoms with E-state index < -0.39 is 6.10 Å². The van der Waals surface area contributed by atoms with Gasteiger partial charge >= 0.3 is 0 Å². The van der Waals surface area contributed by atoms with Crippen LogP contribution in [0.25, 0.3) is 10.9 Å². The van der Waals surface area contributed by atoms with E-state index in [2.05, 4.69) is 4.98 Å². The van der Waals surface area contributed by atoms with Crippen molar-refractivity contribution in [2.24, 2.45) is 0 Å². The van der Waals surface area contributed by atoms with Crippen molar-refractivity contribution < 1.29 is 14.9 Å². The topological polar surface area (TPSA) is 62.6 Å². The normalized spacial score (nSPS) is 22.1. The minimum Gasteiger partial charge on any atom is -0.488 e. The highest BCUT2D eigenvalue weighted by Crippen LogP contribution is 2.32. The Morgan fingerprint density at radius 1 is 1.37 bits per heavy atom. The Morgan fingerprint density at radius 2 is 2.16 bits per heavy atom. The summed E-state index contributed by atoms with van der Waals surface area (Å²) in [5.41, 5.74) is 3.54. The molecule has 0 amide bonds. The molecule has 2 unspecified atom stereocenters. The molecule has 0 aliphatic carbocycles. The molecule has 2 aromatic rings. The number of ether oxygens (including phenoxy) is 1. The second kappa shape index (κ2) is 4.47. The third-order valence-corrected chi connectivity index (χ3v) is 3.70. The zero-order valence-corrected chi connectivity index (χ0v) is 11.1. The van der Waals surface area contributed by atoms with Gasteiger partial charge in [0.1, 0.15) is 11.9 Å². The molecule has 4 nitrogen and oxygen atoms in total. The van der Waals surface area contributed by atoms with Gasteiger partial charge in [0.05, 0.1) is 23.9 Å². The zero-order chi connectivity index (χ0) is 13.6. The maximum atomic E-state index is 9.87. The summed E-state index contributed by atoms with van der Waals surface area (Å²) in [5.74, 6) is 0.826. The van der Waals surface area contributed by atoms with Crippen LogP contribution in [0.2, 0.25) is 0 Å². The molecule has 2 N–H and O–H groups in total. The van der Waals surface area contributed by atoms with Crippen molar-refractivity contribution in [1.29, 1.82) is 0 Å². The molecule has 3 rings (SSSR count). The van der Waals surface area contributed by atoms with Crippen molar-refractivity contribution in [2.45, 2.75) is 39.1 Å². The molecule has 1 aromatic carbocycles. The maximum absolute atomic E-state index is 9.87. The van der Waals surface area contributed by atoms with E-state index in [1.807, 2.05) is 32.0 Å². The van der Waals surface area contributed by atoms with E-state index >= 15 is 0 Å². The first-order valence-corrected chi connectivity index (χ1v) is 6.47. The standard InChI is InChI=1S/C15H17NO3/c1-8-3-11(7-17)16-13-4-10-5-14(18)9(2)19-15(10)6-12(8)13/h3-4,6,9,14,17-18H,5,7H2,1-2H3. The van der Waals surface area contributed by atoms with E-state index in [0.29, 0.717) is 12.1 Å². The van der Waals surface area contributed by atoms with Crippen molar-refractivity contribution in [3.8, 4) is 5.75 Å². The number of pyridine rings is 1. The third kappa shape index (κ3) is 2.07. The lowest BCUT2D eigenvalue weighted by atomic mass is 9.97. The maximum Gasteiger partial charge on any atom is 0.123 e. The second-order valence-electron chi connectivity index (χ2n) is 5.16. The summed E-state index contributed by atoms with van der Waals surface area (Å²) in [6.45, 7) is 3.80. The number of hydrogen-bond donors (Lipinski definition) is 2. The van der Waals surface area contributed by atoms with Crippen LogP contribution in [-0.2, 0) is 13.0 Å². The molecule has 0 bridgehead atoms. The molecule has 1 aromatic heterocycles. The average molecular weight is 259 g/mol. The summed E-state index contributed by atoms with van der Waals surface area (Å²) < 4.78 is 5.74. The summed E-state index contributed by atoms with van der Waals surface area (Å²) in [6, 6.07) is 5.82. The Bertz CT molecular complexity index is 639. The first-order chi connectivity index (χ1) is 9.08. The summed E-state index contributed by atoms with van der Waals surface area (Å²) in [6.07, 6.45) is -0.0849. The van der Waals surface area contributed by atoms with E-state index in [0.717, 1.165) is 27.8 Å². The lowest BCUT2D eigenvalue weighted by Crippen LogP contribution is -2.34. The summed E-state index contributed by atoms with van der Waals surface area (Å²) in [5, 5.41) is 20.1. The smallest absolute Gasteiger partial charge is 0.123 e. The van der Waals surface area contributed by atoms with E-state index in [4.69, 9.17) is 4.74 Å². The van der Waals surface area contributed by atoms with E-state index in [1.54, 1.807) is 0 Å². The lowest BCUT2D eigenvalue weighted by molar-refractivity contribution is 0.0330. The molecule has 2 atom stereocenters. The number of aliphatic hydroxyl groups is 2. The number of benzene rings is 1. The van der Waals surface area contributed by atoms with Crippen LogP contribution in [-0.4, -0.2) is 27.4 Å². The van der Waals surface area contributed by atoms with Crippen LogP contribution in [0.1, 0.15) is 23.7 Å². The Balaban J connectivity index is 2.19. The van der Waals surface area contributed by atoms with Crippen LogP contribution < -0.4 is 4.74 Å². The van der Waals surface area contributed by atoms with Gasteiger partial charge in [0.15, 0.2) is 0 Å². The molecule has 1 aliphatic rings. The number of nitrogens with zero attached hydrogens (tertiary/aromatic N) is 1. The van der Waals surface area contributed by atoms with Gasteiger partial charge in [-0.3, -0.25) is 4.98 Å². The lowest BCUT2D eigenvalue weighted by Gasteiger charge is -2.28. The fourth-order valence-corrected chi connectivity index (χ4v) is 2.55. The average Bonchev–Trinajstić information content (AvgIpc) is 2.38. The molecule has 1 aliphatic heterocycles. The van der Waals surface area contributed by atoms with Crippen LogP contribution >= 0.6 is 0 Å². The molecular weight excluding hydrogens is 242 g/mol. The van der Waals surface area contributed by atoms with Crippen LogP contribution in [0, 0.1) is 6.92 Å². The number of aromatic nitrogens is 1. The van der Waals surface area contributed by atoms with Crippen molar-refractivity contribution >= 4 is 10.9 Å². The van der Waals surface area contributed by atoms with Crippen LogP contribution in [0.15, 0.2) is 18.2 Å². The van der Waals surface area contributed by atoms with Crippen LogP contribution in [0.4, 0.5) is 0 Å². The van der Waals surface area contributed by atoms with Crippen molar-refractivity contribution in [1.82, 2.24) is 4.98 Å². The SMILES string of the molecule is Cc1cc(CO)nc2cc3c(cc12)OC(C)C(O)C3. The minimum absolute atomic E-state index is 0.0655. The van der Waals surface area contributed by atoms with E-state index in [-0.39, 0.29) is 12.7 Å². The predicted molar refractivity (Wildman–Crippen MR) is 72.2 cm³/mol. The molecule has 19 heavy (non-hydrogen) atoms. The Morgan fingerprint density at radius 3 is 2.89 bits per heavy atom. The highest BCUT2D eigenvalue weighted by Gasteiger charge is 2.25. The first-order valence-electron chi connectivity index (χ1n) is 6.47. The van der Waals surface area contributed by atoms with Gasteiger partial charge in [0.25, 0.3) is 0 Å². The van der Waals surface area contributed by atoms with Gasteiger partial charge in [-0.25, -0.2) is 0 Å². The van der Waals surface area contributed by atoms with Gasteiger partial charge in [-0.1, -0.05) is 0 Å². The Labute approximate surface area is 111 Å². The van der Waals surface area contributed by atoms with Crippen molar-refractivity contribution in [3.05, 3.63) is 35.0 Å². The van der Waals surface area contributed by atoms with Crippen LogP contribution in [0.3, 0.4) is 0 Å². The molecule has 4 heteroatoms. The Kier molecular flexibility index (Phi) is 2.92. The van der Waals surface area contributed by atoms with Gasteiger partial charge < -0.3 is 14.9 Å². The highest BCUT2D eigenvalue weighted by atomic mass is 16.5. The number of aryl methyl sites for hydroxylation is 1. The summed E-state index contributed by atoms with van der Waals surface area (Å²) in [4.78, 5) is 4.42. The van der Waals surface area contributed by atoms with Gasteiger partial charge in [-0.05, 0) is 43.2 Å². The molecule has 0 radical (unpaired) electrons. The first kappa shape index (κ1) is 12.4. The molecule has 0 saturated heterocycles. The van der Waals surface area contributed by atoms with Gasteiger partial charge in [0.2, 0.25) is 0 Å². The zero-order valence-electron chi connectivity index (χ0n) is 11.1. The third-order valence-electron chi connectivity index (χ3n) is 3.70. The minimum atomic E-state index is -0.480. The monoisotopic (exact) mass is 259 g/mol. The molecule has 0 saturated carbocycles. The van der Waals surface area contributed by atoms with Gasteiger partial charge in [-0.15, -0.1) is 0 Å². The number of rotatable bonds is 1. The second-order valence-corrected chi connectivity index (χ2v) is 5.16. The summed E-state index contributed by atoms with van der Waals surface area (Å²) >= 11 is 0. The van der Waals surface area contributed by atoms with Gasteiger partial charge in [0, 0.05) is 11.8 Å². The summed E-state index contributed by atoms with van der Waals surface area (Å²) in [7, 11) is 0. The largest absolute Gasteiger partial charge is 0.488 e. The predicted octanol–water partition coefficient (Wildman–Crippen LogP) is 1.72. The highest BCUT2D eigenvalue weighted by molar-refractivity contribution is 5.85. The Hall–Kier alpha value is -1.65. The quantitative estimate of drug-likeness (QED) is 0.818. The molecule has 0 spiro atoms. The number of aliphatic hydroxyl groups excluding tert-OH is 2. The number of hydrogen-bond acceptors (Lipinski definition) is 4. The fraction of sp³-hybridized carbons (Fsp3) is 0.400. The van der Waals surface area contributed by atoms with E-state index in [9.17, 15) is 10.2 Å².